The first-order valence-electron chi connectivity index (χ1n) is 11.5. The van der Waals surface area contributed by atoms with Crippen molar-refractivity contribution in [3.63, 3.8) is 0 Å². The molecule has 0 fully saturated rings. The minimum absolute atomic E-state index is 0.0580. The van der Waals surface area contributed by atoms with Crippen LogP contribution in [0.25, 0.3) is 11.1 Å². The average Bonchev–Trinajstić information content (AvgIpc) is 2.91. The lowest BCUT2D eigenvalue weighted by Gasteiger charge is -2.09. The number of hydrogen-bond acceptors (Lipinski definition) is 6. The van der Waals surface area contributed by atoms with E-state index in [0.717, 1.165) is 23.3 Å². The van der Waals surface area contributed by atoms with Crippen LogP contribution in [0.5, 0.6) is 5.75 Å². The fourth-order valence-corrected chi connectivity index (χ4v) is 3.04. The third kappa shape index (κ3) is 8.88. The van der Waals surface area contributed by atoms with Crippen LogP contribution in [0.4, 0.5) is 0 Å². The van der Waals surface area contributed by atoms with Gasteiger partial charge in [-0.1, -0.05) is 43.8 Å². The van der Waals surface area contributed by atoms with Gasteiger partial charge in [0.15, 0.2) is 0 Å². The van der Waals surface area contributed by atoms with E-state index in [4.69, 9.17) is 14.2 Å². The Kier molecular flexibility index (Phi) is 11.7. The Morgan fingerprint density at radius 2 is 1.53 bits per heavy atom. The van der Waals surface area contributed by atoms with Crippen LogP contribution in [0.15, 0.2) is 84.5 Å². The normalized spacial score (nSPS) is 11.1. The van der Waals surface area contributed by atoms with Crippen molar-refractivity contribution >= 4 is 17.8 Å². The molecule has 2 aromatic rings. The number of nitrogens with one attached hydrogen (secondary N) is 2. The number of benzene rings is 2. The lowest BCUT2D eigenvalue weighted by atomic mass is 10.0. The van der Waals surface area contributed by atoms with Crippen LogP contribution in [-0.2, 0) is 19.1 Å². The van der Waals surface area contributed by atoms with Gasteiger partial charge in [0, 0.05) is 31.3 Å². The van der Waals surface area contributed by atoms with E-state index in [0.29, 0.717) is 30.8 Å². The molecule has 0 radical (unpaired) electrons. The summed E-state index contributed by atoms with van der Waals surface area (Å²) in [5, 5.41) is 0. The number of allylic oxidation sites excluding steroid dienone is 1. The lowest BCUT2D eigenvalue weighted by molar-refractivity contribution is -0.135. The standard InChI is InChI=1S/C28H32N2O6/c1-5-7-24(28(33)35-4)9-8-20(2)26(31)29-30-27(32)23-12-10-21(11-13-23)22-14-16-25(17-15-22)36-19-6-18-34-3/h7-17H,2,5-6,18-19H2,1,3-4H3,(H,29,31)(H,30,32)/b9-8-,24-7+. The maximum absolute atomic E-state index is 12.4. The van der Waals surface area contributed by atoms with Gasteiger partial charge in [-0.3, -0.25) is 20.4 Å². The molecule has 0 aliphatic carbocycles. The molecule has 0 spiro atoms. The molecular weight excluding hydrogens is 460 g/mol. The molecule has 8 nitrogen and oxygen atoms in total. The molecule has 2 amide bonds. The predicted octanol–water partition coefficient (Wildman–Crippen LogP) is 4.15. The number of hydrazine groups is 1. The molecular formula is C28H32N2O6. The zero-order chi connectivity index (χ0) is 26.3. The van der Waals surface area contributed by atoms with Crippen LogP contribution in [0, 0.1) is 0 Å². The van der Waals surface area contributed by atoms with Crippen LogP contribution in [0.1, 0.15) is 30.1 Å². The Hall–Kier alpha value is -4.17. The van der Waals surface area contributed by atoms with E-state index in [1.165, 1.54) is 19.3 Å². The highest BCUT2D eigenvalue weighted by Gasteiger charge is 2.10. The van der Waals surface area contributed by atoms with Gasteiger partial charge in [0.2, 0.25) is 0 Å². The Morgan fingerprint density at radius 1 is 0.889 bits per heavy atom. The monoisotopic (exact) mass is 492 g/mol. The fourth-order valence-electron chi connectivity index (χ4n) is 3.04. The number of hydrogen-bond donors (Lipinski definition) is 2. The van der Waals surface area contributed by atoms with Gasteiger partial charge in [-0.15, -0.1) is 0 Å². The van der Waals surface area contributed by atoms with Crippen LogP contribution in [0.3, 0.4) is 0 Å². The topological polar surface area (TPSA) is 103 Å². The molecule has 36 heavy (non-hydrogen) atoms. The number of carbonyl (C=O) groups excluding carboxylic acids is 3. The van der Waals surface area contributed by atoms with E-state index in [1.807, 2.05) is 43.3 Å². The summed E-state index contributed by atoms with van der Waals surface area (Å²) in [6.07, 6.45) is 5.94. The second-order valence-electron chi connectivity index (χ2n) is 7.62. The first-order valence-corrected chi connectivity index (χ1v) is 11.5. The maximum Gasteiger partial charge on any atom is 0.337 e. The van der Waals surface area contributed by atoms with Crippen LogP contribution < -0.4 is 15.6 Å². The molecule has 190 valence electrons. The number of esters is 1. The summed E-state index contributed by atoms with van der Waals surface area (Å²) in [6.45, 7) is 6.77. The molecule has 2 aromatic carbocycles. The van der Waals surface area contributed by atoms with Crippen molar-refractivity contribution in [3.05, 3.63) is 90.0 Å². The number of amides is 2. The molecule has 0 unspecified atom stereocenters. The number of ether oxygens (including phenoxy) is 3. The molecule has 0 aliphatic heterocycles. The highest BCUT2D eigenvalue weighted by Crippen LogP contribution is 2.23. The van der Waals surface area contributed by atoms with E-state index < -0.39 is 17.8 Å². The van der Waals surface area contributed by atoms with Crippen molar-refractivity contribution in [2.45, 2.75) is 19.8 Å². The highest BCUT2D eigenvalue weighted by molar-refractivity contribution is 6.00. The average molecular weight is 493 g/mol. The number of methoxy groups -OCH3 is 2. The van der Waals surface area contributed by atoms with Gasteiger partial charge in [0.25, 0.3) is 11.8 Å². The van der Waals surface area contributed by atoms with Gasteiger partial charge in [-0.25, -0.2) is 4.79 Å². The Labute approximate surface area is 211 Å². The Bertz CT molecular complexity index is 1100. The fraction of sp³-hybridized carbons (Fsp3) is 0.250. The van der Waals surface area contributed by atoms with E-state index in [-0.39, 0.29) is 5.57 Å². The molecule has 0 aromatic heterocycles. The van der Waals surface area contributed by atoms with Gasteiger partial charge in [-0.2, -0.15) is 0 Å². The predicted molar refractivity (Wildman–Crippen MR) is 138 cm³/mol. The summed E-state index contributed by atoms with van der Waals surface area (Å²) in [5.41, 5.74) is 7.31. The van der Waals surface area contributed by atoms with Gasteiger partial charge >= 0.3 is 5.97 Å². The quantitative estimate of drug-likeness (QED) is 0.152. The molecule has 0 bridgehead atoms. The third-order valence-electron chi connectivity index (χ3n) is 4.99. The van der Waals surface area contributed by atoms with Crippen molar-refractivity contribution in [1.82, 2.24) is 10.9 Å². The van der Waals surface area contributed by atoms with Gasteiger partial charge < -0.3 is 14.2 Å². The molecule has 2 rings (SSSR count). The SMILES string of the molecule is C=C(/C=C\C(=C/CC)C(=O)OC)C(=O)NNC(=O)c1ccc(-c2ccc(OCCCOC)cc2)cc1. The maximum atomic E-state index is 12.4. The van der Waals surface area contributed by atoms with Crippen molar-refractivity contribution in [1.29, 1.82) is 0 Å². The summed E-state index contributed by atoms with van der Waals surface area (Å²) in [5.74, 6) is -0.824. The van der Waals surface area contributed by atoms with E-state index in [9.17, 15) is 14.4 Å². The van der Waals surface area contributed by atoms with E-state index in [2.05, 4.69) is 17.4 Å². The highest BCUT2D eigenvalue weighted by atomic mass is 16.5. The van der Waals surface area contributed by atoms with Gasteiger partial charge in [0.05, 0.1) is 19.3 Å². The number of rotatable bonds is 12. The van der Waals surface area contributed by atoms with Crippen molar-refractivity contribution in [2.24, 2.45) is 0 Å². The minimum atomic E-state index is -0.610. The second kappa shape index (κ2) is 15.0. The van der Waals surface area contributed by atoms with Crippen LogP contribution >= 0.6 is 0 Å². The van der Waals surface area contributed by atoms with Crippen molar-refractivity contribution < 1.29 is 28.6 Å². The molecule has 0 aliphatic rings. The molecule has 0 atom stereocenters. The minimum Gasteiger partial charge on any atom is -0.494 e. The van der Waals surface area contributed by atoms with Crippen LogP contribution in [0.2, 0.25) is 0 Å². The van der Waals surface area contributed by atoms with Crippen LogP contribution in [-0.4, -0.2) is 45.2 Å². The summed E-state index contributed by atoms with van der Waals surface area (Å²) in [6, 6.07) is 14.7. The Morgan fingerprint density at radius 3 is 2.11 bits per heavy atom. The largest absolute Gasteiger partial charge is 0.494 e. The zero-order valence-electron chi connectivity index (χ0n) is 20.8. The zero-order valence-corrected chi connectivity index (χ0v) is 20.8. The van der Waals surface area contributed by atoms with Crippen molar-refractivity contribution in [3.8, 4) is 16.9 Å². The molecule has 0 saturated heterocycles. The number of carbonyl (C=O) groups is 3. The molecule has 8 heteroatoms. The first-order chi connectivity index (χ1) is 17.4. The lowest BCUT2D eigenvalue weighted by Crippen LogP contribution is -2.42. The summed E-state index contributed by atoms with van der Waals surface area (Å²) < 4.78 is 15.4. The summed E-state index contributed by atoms with van der Waals surface area (Å²) in [7, 11) is 2.94. The summed E-state index contributed by atoms with van der Waals surface area (Å²) >= 11 is 0. The molecule has 0 saturated carbocycles. The first kappa shape index (κ1) is 28.1. The second-order valence-corrected chi connectivity index (χ2v) is 7.62. The Balaban J connectivity index is 1.89. The smallest absolute Gasteiger partial charge is 0.337 e. The van der Waals surface area contributed by atoms with Gasteiger partial charge in [-0.05, 0) is 54.0 Å². The summed E-state index contributed by atoms with van der Waals surface area (Å²) in [4.78, 5) is 36.4. The molecule has 2 N–H and O–H groups in total. The van der Waals surface area contributed by atoms with Crippen molar-refractivity contribution in [2.75, 3.05) is 27.4 Å². The molecule has 0 heterocycles. The van der Waals surface area contributed by atoms with Gasteiger partial charge in [0.1, 0.15) is 5.75 Å². The van der Waals surface area contributed by atoms with E-state index in [1.54, 1.807) is 25.3 Å². The third-order valence-corrected chi connectivity index (χ3v) is 4.99. The van der Waals surface area contributed by atoms with E-state index >= 15 is 0 Å².